The van der Waals surface area contributed by atoms with Crippen molar-refractivity contribution in [3.8, 4) is 10.6 Å². The van der Waals surface area contributed by atoms with E-state index in [-0.39, 0.29) is 24.1 Å². The molecule has 1 fully saturated rings. The normalized spacial score (nSPS) is 17.4. The summed E-state index contributed by atoms with van der Waals surface area (Å²) in [6.07, 6.45) is 7.80. The fraction of sp³-hybridized carbons (Fsp3) is 0.655. The number of anilines is 1. The molecule has 0 bridgehead atoms. The number of nitrogen functional groups attached to an aromatic ring is 1. The van der Waals surface area contributed by atoms with Crippen molar-refractivity contribution in [2.24, 2.45) is 5.92 Å². The van der Waals surface area contributed by atoms with Gasteiger partial charge >= 0.3 is 12.2 Å². The molecule has 0 radical (unpaired) electrons. The van der Waals surface area contributed by atoms with E-state index in [9.17, 15) is 9.59 Å². The Morgan fingerprint density at radius 1 is 1.00 bits per heavy atom. The van der Waals surface area contributed by atoms with E-state index in [2.05, 4.69) is 30.1 Å². The second-order valence-corrected chi connectivity index (χ2v) is 13.6. The molecule has 1 aliphatic carbocycles. The molecule has 12 nitrogen and oxygen atoms in total. The number of carbonyl (C=O) groups is 2. The third kappa shape index (κ3) is 7.87. The molecule has 0 spiro atoms. The summed E-state index contributed by atoms with van der Waals surface area (Å²) in [7, 11) is 0. The Bertz CT molecular complexity index is 1360. The van der Waals surface area contributed by atoms with Gasteiger partial charge in [0.25, 0.3) is 0 Å². The van der Waals surface area contributed by atoms with Crippen LogP contribution < -0.4 is 5.73 Å². The van der Waals surface area contributed by atoms with Crippen LogP contribution in [0.5, 0.6) is 0 Å². The van der Waals surface area contributed by atoms with Crippen molar-refractivity contribution >= 4 is 40.6 Å². The number of hydrogen-bond acceptors (Lipinski definition) is 10. The van der Waals surface area contributed by atoms with Crippen molar-refractivity contribution in [2.45, 2.75) is 91.4 Å². The van der Waals surface area contributed by atoms with Gasteiger partial charge in [-0.15, -0.1) is 0 Å². The summed E-state index contributed by atoms with van der Waals surface area (Å²) in [6, 6.07) is 0.191. The van der Waals surface area contributed by atoms with Gasteiger partial charge < -0.3 is 29.6 Å². The third-order valence-electron chi connectivity index (χ3n) is 7.16. The standard InChI is InChI=1S/C29H44N8O4S/c1-8-35(26(38)40-28(2,3)4)12-9-13-36(27(39)41-29(5,6)7)15-19-10-11-20(14-19)37-16-21(25-33-18-34-42-25)22-23(30)31-17-32-24(22)37/h16-20H,8-15H2,1-7H3,(H2,30,31,32)/t19-,20+/m1/s1. The third-order valence-corrected chi connectivity index (χ3v) is 7.86. The van der Waals surface area contributed by atoms with Gasteiger partial charge in [-0.1, -0.05) is 0 Å². The quantitative estimate of drug-likeness (QED) is 0.324. The van der Waals surface area contributed by atoms with Crippen molar-refractivity contribution in [1.29, 1.82) is 0 Å². The molecule has 0 unspecified atom stereocenters. The van der Waals surface area contributed by atoms with Crippen LogP contribution in [0, 0.1) is 5.92 Å². The average molecular weight is 601 g/mol. The fourth-order valence-electron chi connectivity index (χ4n) is 5.36. The van der Waals surface area contributed by atoms with Crippen LogP contribution in [0.25, 0.3) is 21.6 Å². The van der Waals surface area contributed by atoms with Crippen LogP contribution in [0.2, 0.25) is 0 Å². The van der Waals surface area contributed by atoms with Crippen LogP contribution >= 0.6 is 11.5 Å². The van der Waals surface area contributed by atoms with Gasteiger partial charge in [0.1, 0.15) is 40.3 Å². The zero-order chi connectivity index (χ0) is 30.7. The van der Waals surface area contributed by atoms with Gasteiger partial charge in [-0.05, 0) is 91.6 Å². The molecule has 2 atom stereocenters. The zero-order valence-corrected chi connectivity index (χ0v) is 26.6. The first-order valence-electron chi connectivity index (χ1n) is 14.6. The number of nitrogens with zero attached hydrogens (tertiary/aromatic N) is 7. The largest absolute Gasteiger partial charge is 0.444 e. The Morgan fingerprint density at radius 2 is 1.67 bits per heavy atom. The highest BCUT2D eigenvalue weighted by Crippen LogP contribution is 2.41. The molecule has 3 aromatic heterocycles. The van der Waals surface area contributed by atoms with Gasteiger partial charge in [-0.2, -0.15) is 4.37 Å². The van der Waals surface area contributed by atoms with Gasteiger partial charge in [0.15, 0.2) is 0 Å². The van der Waals surface area contributed by atoms with Crippen LogP contribution in [-0.2, 0) is 9.47 Å². The van der Waals surface area contributed by atoms with E-state index in [1.807, 2.05) is 48.5 Å². The van der Waals surface area contributed by atoms with E-state index in [0.29, 0.717) is 38.4 Å². The van der Waals surface area contributed by atoms with Crippen LogP contribution in [-0.4, -0.2) is 83.3 Å². The topological polar surface area (TPSA) is 142 Å². The maximum atomic E-state index is 13.3. The maximum absolute atomic E-state index is 13.3. The van der Waals surface area contributed by atoms with Gasteiger partial charge in [0.2, 0.25) is 0 Å². The molecule has 0 aliphatic heterocycles. The summed E-state index contributed by atoms with van der Waals surface area (Å²) in [5.41, 5.74) is 6.78. The molecule has 1 aliphatic rings. The lowest BCUT2D eigenvalue weighted by atomic mass is 10.1. The molecule has 230 valence electrons. The summed E-state index contributed by atoms with van der Waals surface area (Å²) >= 11 is 1.31. The van der Waals surface area contributed by atoms with Crippen LogP contribution in [0.15, 0.2) is 18.9 Å². The number of fused-ring (bicyclic) bond motifs is 1. The molecule has 2 amide bonds. The second kappa shape index (κ2) is 12.8. The first-order chi connectivity index (χ1) is 19.8. The minimum atomic E-state index is -0.607. The van der Waals surface area contributed by atoms with Gasteiger partial charge in [-0.3, -0.25) is 0 Å². The molecular weight excluding hydrogens is 556 g/mol. The Morgan fingerprint density at radius 3 is 2.29 bits per heavy atom. The molecule has 0 saturated heterocycles. The smallest absolute Gasteiger partial charge is 0.410 e. The van der Waals surface area contributed by atoms with Crippen molar-refractivity contribution in [3.05, 3.63) is 18.9 Å². The molecule has 2 N–H and O–H groups in total. The molecule has 0 aromatic carbocycles. The number of carbonyl (C=O) groups excluding carboxylic acids is 2. The van der Waals surface area contributed by atoms with Gasteiger partial charge in [0, 0.05) is 44.0 Å². The highest BCUT2D eigenvalue weighted by Gasteiger charge is 2.32. The number of hydrogen-bond donors (Lipinski definition) is 1. The molecule has 1 saturated carbocycles. The maximum Gasteiger partial charge on any atom is 0.410 e. The molecular formula is C29H44N8O4S. The van der Waals surface area contributed by atoms with Crippen molar-refractivity contribution < 1.29 is 19.1 Å². The van der Waals surface area contributed by atoms with Crippen LogP contribution in [0.4, 0.5) is 15.4 Å². The molecule has 3 heterocycles. The molecule has 42 heavy (non-hydrogen) atoms. The number of ether oxygens (including phenoxy) is 2. The van der Waals surface area contributed by atoms with E-state index in [4.69, 9.17) is 15.2 Å². The van der Waals surface area contributed by atoms with Crippen LogP contribution in [0.3, 0.4) is 0 Å². The molecule has 3 aromatic rings. The van der Waals surface area contributed by atoms with E-state index >= 15 is 0 Å². The number of rotatable bonds is 9. The number of aromatic nitrogens is 5. The lowest BCUT2D eigenvalue weighted by Gasteiger charge is -2.30. The van der Waals surface area contributed by atoms with Crippen molar-refractivity contribution in [2.75, 3.05) is 31.9 Å². The summed E-state index contributed by atoms with van der Waals surface area (Å²) in [5, 5.41) is 1.57. The minimum Gasteiger partial charge on any atom is -0.444 e. The summed E-state index contributed by atoms with van der Waals surface area (Å²) < 4.78 is 17.6. The monoisotopic (exact) mass is 600 g/mol. The first kappa shape index (κ1) is 31.5. The molecule has 4 rings (SSSR count). The fourth-order valence-corrected chi connectivity index (χ4v) is 5.90. The Balaban J connectivity index is 1.46. The zero-order valence-electron chi connectivity index (χ0n) is 25.8. The van der Waals surface area contributed by atoms with Crippen molar-refractivity contribution in [3.63, 3.8) is 0 Å². The van der Waals surface area contributed by atoms with E-state index in [1.165, 1.54) is 24.2 Å². The molecule has 13 heteroatoms. The van der Waals surface area contributed by atoms with E-state index < -0.39 is 11.2 Å². The predicted octanol–water partition coefficient (Wildman–Crippen LogP) is 5.76. The van der Waals surface area contributed by atoms with Crippen LogP contribution in [0.1, 0.15) is 80.2 Å². The lowest BCUT2D eigenvalue weighted by molar-refractivity contribution is 0.0189. The number of nitrogens with two attached hydrogens (primary N) is 1. The Hall–Kier alpha value is -3.48. The first-order valence-corrected chi connectivity index (χ1v) is 15.4. The summed E-state index contributed by atoms with van der Waals surface area (Å²) in [4.78, 5) is 42.5. The SMILES string of the molecule is CCN(CCCN(C[C@@H]1CC[C@H](n2cc(-c3ncns3)c3c(N)ncnc32)C1)C(=O)OC(C)(C)C)C(=O)OC(C)(C)C. The number of amides is 2. The highest BCUT2D eigenvalue weighted by atomic mass is 32.1. The summed E-state index contributed by atoms with van der Waals surface area (Å²) in [5.74, 6) is 0.694. The Labute approximate surface area is 251 Å². The highest BCUT2D eigenvalue weighted by molar-refractivity contribution is 7.09. The van der Waals surface area contributed by atoms with E-state index in [1.54, 1.807) is 9.80 Å². The predicted molar refractivity (Wildman–Crippen MR) is 163 cm³/mol. The van der Waals surface area contributed by atoms with E-state index in [0.717, 1.165) is 40.9 Å². The lowest BCUT2D eigenvalue weighted by Crippen LogP contribution is -2.42. The Kier molecular flexibility index (Phi) is 9.59. The minimum absolute atomic E-state index is 0.191. The van der Waals surface area contributed by atoms with Crippen molar-refractivity contribution in [1.82, 2.24) is 33.7 Å². The van der Waals surface area contributed by atoms with Gasteiger partial charge in [-0.25, -0.2) is 24.5 Å². The average Bonchev–Trinajstić information content (AvgIpc) is 3.64. The second-order valence-electron chi connectivity index (χ2n) is 12.8. The van der Waals surface area contributed by atoms with Gasteiger partial charge in [0.05, 0.1) is 5.39 Å². The summed E-state index contributed by atoms with van der Waals surface area (Å²) in [6.45, 7) is 15.2.